The van der Waals surface area contributed by atoms with Crippen LogP contribution in [-0.4, -0.2) is 17.6 Å². The molecule has 0 radical (unpaired) electrons. The third-order valence-corrected chi connectivity index (χ3v) is 1.77. The van der Waals surface area contributed by atoms with E-state index in [0.717, 1.165) is 0 Å². The molecular formula is C8H15NO2S. The van der Waals surface area contributed by atoms with Gasteiger partial charge in [-0.05, 0) is 12.8 Å². The Balaban J connectivity index is 4.30. The zero-order valence-corrected chi connectivity index (χ0v) is 8.48. The van der Waals surface area contributed by atoms with E-state index in [9.17, 15) is 4.79 Å². The molecule has 0 aliphatic heterocycles. The molecule has 0 fully saturated rings. The summed E-state index contributed by atoms with van der Waals surface area (Å²) in [5.41, 5.74) is 5.40. The molecule has 0 heterocycles. The van der Waals surface area contributed by atoms with E-state index in [2.05, 4.69) is 0 Å². The maximum atomic E-state index is 11.2. The topological polar surface area (TPSA) is 52.3 Å². The molecule has 1 unspecified atom stereocenters. The summed E-state index contributed by atoms with van der Waals surface area (Å²) in [5, 5.41) is 0. The van der Waals surface area contributed by atoms with Crippen LogP contribution in [0.15, 0.2) is 0 Å². The first-order valence-corrected chi connectivity index (χ1v) is 4.37. The summed E-state index contributed by atoms with van der Waals surface area (Å²) in [6.07, 6.45) is 0. The SMILES string of the molecule is CCOC(=O)C(C(N)=S)C(C)C. The van der Waals surface area contributed by atoms with Crippen LogP contribution in [0.5, 0.6) is 0 Å². The zero-order valence-electron chi connectivity index (χ0n) is 7.66. The molecular weight excluding hydrogens is 174 g/mol. The minimum Gasteiger partial charge on any atom is -0.465 e. The second-order valence-electron chi connectivity index (χ2n) is 2.88. The van der Waals surface area contributed by atoms with E-state index in [1.807, 2.05) is 13.8 Å². The van der Waals surface area contributed by atoms with Crippen LogP contribution < -0.4 is 5.73 Å². The highest BCUT2D eigenvalue weighted by molar-refractivity contribution is 7.80. The molecule has 1 atom stereocenters. The van der Waals surface area contributed by atoms with Crippen molar-refractivity contribution in [1.29, 1.82) is 0 Å². The van der Waals surface area contributed by atoms with Crippen LogP contribution in [-0.2, 0) is 9.53 Å². The molecule has 2 N–H and O–H groups in total. The van der Waals surface area contributed by atoms with E-state index in [-0.39, 0.29) is 16.9 Å². The number of hydrogen-bond donors (Lipinski definition) is 1. The fourth-order valence-electron chi connectivity index (χ4n) is 0.949. The van der Waals surface area contributed by atoms with Crippen molar-refractivity contribution in [3.8, 4) is 0 Å². The summed E-state index contributed by atoms with van der Waals surface area (Å²) >= 11 is 4.76. The lowest BCUT2D eigenvalue weighted by Crippen LogP contribution is -2.34. The Bertz CT molecular complexity index is 180. The molecule has 0 bridgehead atoms. The summed E-state index contributed by atoms with van der Waals surface area (Å²) < 4.78 is 4.82. The Labute approximate surface area is 78.3 Å². The number of carbonyl (C=O) groups excluding carboxylic acids is 1. The number of esters is 1. The van der Waals surface area contributed by atoms with Crippen molar-refractivity contribution in [3.63, 3.8) is 0 Å². The largest absolute Gasteiger partial charge is 0.465 e. The third-order valence-electron chi connectivity index (χ3n) is 1.51. The molecule has 0 rings (SSSR count). The maximum Gasteiger partial charge on any atom is 0.316 e. The standard InChI is InChI=1S/C8H15NO2S/c1-4-11-8(10)6(5(2)3)7(9)12/h5-6H,4H2,1-3H3,(H2,9,12). The van der Waals surface area contributed by atoms with Gasteiger partial charge in [0.25, 0.3) is 0 Å². The van der Waals surface area contributed by atoms with Gasteiger partial charge in [0, 0.05) is 0 Å². The molecule has 0 spiro atoms. The molecule has 3 nitrogen and oxygen atoms in total. The average molecular weight is 189 g/mol. The Morgan fingerprint density at radius 1 is 1.58 bits per heavy atom. The molecule has 4 heteroatoms. The van der Waals surface area contributed by atoms with Gasteiger partial charge in [-0.15, -0.1) is 0 Å². The number of carbonyl (C=O) groups is 1. The van der Waals surface area contributed by atoms with E-state index in [1.54, 1.807) is 6.92 Å². The molecule has 70 valence electrons. The monoisotopic (exact) mass is 189 g/mol. The highest BCUT2D eigenvalue weighted by atomic mass is 32.1. The van der Waals surface area contributed by atoms with Gasteiger partial charge in [-0.3, -0.25) is 4.79 Å². The molecule has 0 aromatic rings. The first-order chi connectivity index (χ1) is 5.50. The van der Waals surface area contributed by atoms with Crippen LogP contribution in [0, 0.1) is 11.8 Å². The van der Waals surface area contributed by atoms with Crippen LogP contribution in [0.1, 0.15) is 20.8 Å². The third kappa shape index (κ3) is 3.17. The lowest BCUT2D eigenvalue weighted by Gasteiger charge is -2.16. The van der Waals surface area contributed by atoms with Gasteiger partial charge in [0.2, 0.25) is 0 Å². The summed E-state index contributed by atoms with van der Waals surface area (Å²) in [5.74, 6) is -0.665. The van der Waals surface area contributed by atoms with Crippen LogP contribution in [0.3, 0.4) is 0 Å². The Morgan fingerprint density at radius 3 is 2.33 bits per heavy atom. The van der Waals surface area contributed by atoms with Crippen LogP contribution in [0.25, 0.3) is 0 Å². The molecule has 0 saturated heterocycles. The first kappa shape index (κ1) is 11.4. The second-order valence-corrected chi connectivity index (χ2v) is 3.35. The average Bonchev–Trinajstić information content (AvgIpc) is 1.85. The highest BCUT2D eigenvalue weighted by Gasteiger charge is 2.25. The number of rotatable bonds is 4. The van der Waals surface area contributed by atoms with E-state index < -0.39 is 5.92 Å². The predicted molar refractivity (Wildman–Crippen MR) is 51.7 cm³/mol. The number of hydrogen-bond acceptors (Lipinski definition) is 3. The molecule has 0 aromatic carbocycles. The van der Waals surface area contributed by atoms with Gasteiger partial charge in [0.05, 0.1) is 11.6 Å². The fraction of sp³-hybridized carbons (Fsp3) is 0.750. The number of thiocarbonyl (C=S) groups is 1. The van der Waals surface area contributed by atoms with E-state index >= 15 is 0 Å². The van der Waals surface area contributed by atoms with Crippen molar-refractivity contribution in [1.82, 2.24) is 0 Å². The smallest absolute Gasteiger partial charge is 0.316 e. The van der Waals surface area contributed by atoms with Crippen molar-refractivity contribution in [3.05, 3.63) is 0 Å². The quantitative estimate of drug-likeness (QED) is 0.531. The van der Waals surface area contributed by atoms with Gasteiger partial charge in [0.15, 0.2) is 0 Å². The second kappa shape index (κ2) is 5.09. The van der Waals surface area contributed by atoms with Gasteiger partial charge in [0.1, 0.15) is 5.92 Å². The molecule has 0 saturated carbocycles. The van der Waals surface area contributed by atoms with Crippen LogP contribution >= 0.6 is 12.2 Å². The zero-order chi connectivity index (χ0) is 9.72. The lowest BCUT2D eigenvalue weighted by atomic mass is 9.96. The van der Waals surface area contributed by atoms with Crippen LogP contribution in [0.2, 0.25) is 0 Å². The van der Waals surface area contributed by atoms with Crippen molar-refractivity contribution in [2.24, 2.45) is 17.6 Å². The van der Waals surface area contributed by atoms with Gasteiger partial charge in [-0.1, -0.05) is 26.1 Å². The molecule has 12 heavy (non-hydrogen) atoms. The summed E-state index contributed by atoms with van der Waals surface area (Å²) in [4.78, 5) is 11.4. The molecule has 0 amide bonds. The van der Waals surface area contributed by atoms with Crippen LogP contribution in [0.4, 0.5) is 0 Å². The molecule has 0 aliphatic carbocycles. The van der Waals surface area contributed by atoms with Gasteiger partial charge in [-0.2, -0.15) is 0 Å². The minimum absolute atomic E-state index is 0.0987. The summed E-state index contributed by atoms with van der Waals surface area (Å²) in [6.45, 7) is 5.90. The normalized spacial score (nSPS) is 12.7. The highest BCUT2D eigenvalue weighted by Crippen LogP contribution is 2.12. The maximum absolute atomic E-state index is 11.2. The Hall–Kier alpha value is -0.640. The first-order valence-electron chi connectivity index (χ1n) is 3.96. The van der Waals surface area contributed by atoms with E-state index in [1.165, 1.54) is 0 Å². The molecule has 0 aromatic heterocycles. The van der Waals surface area contributed by atoms with E-state index in [4.69, 9.17) is 22.7 Å². The number of nitrogens with two attached hydrogens (primary N) is 1. The van der Waals surface area contributed by atoms with Crippen molar-refractivity contribution >= 4 is 23.2 Å². The fourth-order valence-corrected chi connectivity index (χ4v) is 1.32. The summed E-state index contributed by atoms with van der Waals surface area (Å²) in [7, 11) is 0. The molecule has 0 aliphatic rings. The van der Waals surface area contributed by atoms with Crippen molar-refractivity contribution in [2.45, 2.75) is 20.8 Å². The minimum atomic E-state index is -0.444. The Morgan fingerprint density at radius 2 is 2.08 bits per heavy atom. The van der Waals surface area contributed by atoms with Crippen molar-refractivity contribution in [2.75, 3.05) is 6.61 Å². The van der Waals surface area contributed by atoms with E-state index in [0.29, 0.717) is 6.61 Å². The number of ether oxygens (including phenoxy) is 1. The van der Waals surface area contributed by atoms with Gasteiger partial charge in [-0.25, -0.2) is 0 Å². The Kier molecular flexibility index (Phi) is 4.81. The van der Waals surface area contributed by atoms with Crippen molar-refractivity contribution < 1.29 is 9.53 Å². The summed E-state index contributed by atoms with van der Waals surface area (Å²) in [6, 6.07) is 0. The lowest BCUT2D eigenvalue weighted by molar-refractivity contribution is -0.146. The van der Waals surface area contributed by atoms with Gasteiger partial charge >= 0.3 is 5.97 Å². The predicted octanol–water partition coefficient (Wildman–Crippen LogP) is 1.11. The van der Waals surface area contributed by atoms with Gasteiger partial charge < -0.3 is 10.5 Å².